The Morgan fingerprint density at radius 1 is 1.86 bits per heavy atom. The fourth-order valence-corrected chi connectivity index (χ4v) is 0.138. The molecule has 0 aliphatic carbocycles. The molecule has 7 heavy (non-hydrogen) atoms. The lowest BCUT2D eigenvalue weighted by atomic mass is 10.3. The quantitative estimate of drug-likeness (QED) is 0.395. The van der Waals surface area contributed by atoms with Crippen LogP contribution in [0, 0.1) is 5.41 Å². The molecule has 0 atom stereocenters. The minimum atomic E-state index is 0.398. The molecule has 0 aliphatic heterocycles. The number of hydrogen-bond acceptors (Lipinski definition) is 2. The van der Waals surface area contributed by atoms with Gasteiger partial charge in [-0.25, -0.2) is 0 Å². The van der Waals surface area contributed by atoms with Crippen molar-refractivity contribution in [2.24, 2.45) is 0 Å². The molecule has 0 aliphatic rings. The van der Waals surface area contributed by atoms with Crippen molar-refractivity contribution in [1.82, 2.24) is 0 Å². The van der Waals surface area contributed by atoms with Crippen LogP contribution in [-0.4, -0.2) is 12.5 Å². The van der Waals surface area contributed by atoms with Crippen molar-refractivity contribution >= 4 is 12.5 Å². The van der Waals surface area contributed by atoms with Gasteiger partial charge in [-0.3, -0.25) is 10.2 Å². The summed E-state index contributed by atoms with van der Waals surface area (Å²) in [6.45, 7) is 1.56. The largest absolute Gasteiger partial charge is 0.299 e. The molecule has 36 valence electrons. The highest BCUT2D eigenvalue weighted by Crippen LogP contribution is 1.79. The van der Waals surface area contributed by atoms with Crippen LogP contribution in [0.3, 0.4) is 0 Å². The maximum absolute atomic E-state index is 9.58. The van der Waals surface area contributed by atoms with Gasteiger partial charge in [-0.05, 0) is 13.0 Å². The van der Waals surface area contributed by atoms with E-state index in [1.165, 1.54) is 6.08 Å². The van der Waals surface area contributed by atoms with Crippen molar-refractivity contribution in [3.8, 4) is 0 Å². The average molecular weight is 95.1 g/mol. The first kappa shape index (κ1) is 6.08. The van der Waals surface area contributed by atoms with Crippen molar-refractivity contribution in [2.75, 3.05) is 0 Å². The first-order valence-electron chi connectivity index (χ1n) is 1.78. The van der Waals surface area contributed by atoms with E-state index in [1.54, 1.807) is 13.2 Å². The molecular formula is C5H5NO. The van der Waals surface area contributed by atoms with Crippen LogP contribution in [0.15, 0.2) is 11.6 Å². The van der Waals surface area contributed by atoms with Gasteiger partial charge in [0.2, 0.25) is 6.29 Å². The second-order valence-electron chi connectivity index (χ2n) is 1.07. The molecule has 2 nitrogen and oxygen atoms in total. The first-order chi connectivity index (χ1) is 3.31. The predicted octanol–water partition coefficient (Wildman–Crippen LogP) is 0.569. The van der Waals surface area contributed by atoms with Gasteiger partial charge in [-0.2, -0.15) is 0 Å². The van der Waals surface area contributed by atoms with Crippen molar-refractivity contribution in [1.29, 1.82) is 5.41 Å². The Hall–Kier alpha value is -0.920. The Morgan fingerprint density at radius 3 is 2.57 bits per heavy atom. The Balaban J connectivity index is 3.72. The molecule has 0 bridgehead atoms. The summed E-state index contributed by atoms with van der Waals surface area (Å²) in [5.41, 5.74) is 0.398. The molecule has 0 saturated heterocycles. The Kier molecular flexibility index (Phi) is 2.85. The van der Waals surface area contributed by atoms with Crippen LogP contribution in [0.4, 0.5) is 0 Å². The highest BCUT2D eigenvalue weighted by Gasteiger charge is 1.78. The summed E-state index contributed by atoms with van der Waals surface area (Å²) in [7, 11) is 0. The zero-order valence-corrected chi connectivity index (χ0v) is 3.99. The Labute approximate surface area is 42.4 Å². The van der Waals surface area contributed by atoms with Gasteiger partial charge >= 0.3 is 0 Å². The number of allylic oxidation sites excluding steroid dienone is 2. The molecule has 0 rings (SSSR count). The molecule has 0 fully saturated rings. The van der Waals surface area contributed by atoms with Crippen molar-refractivity contribution < 1.29 is 4.79 Å². The lowest BCUT2D eigenvalue weighted by Gasteiger charge is -1.72. The van der Waals surface area contributed by atoms with Gasteiger partial charge in [-0.15, -0.1) is 0 Å². The van der Waals surface area contributed by atoms with Gasteiger partial charge in [-0.1, -0.05) is 0 Å². The van der Waals surface area contributed by atoms with Crippen LogP contribution in [0.2, 0.25) is 0 Å². The highest BCUT2D eigenvalue weighted by atomic mass is 16.1. The summed E-state index contributed by atoms with van der Waals surface area (Å²) in [6, 6.07) is 0. The summed E-state index contributed by atoms with van der Waals surface area (Å²) in [5, 5.41) is 6.33. The fourth-order valence-electron chi connectivity index (χ4n) is 0.138. The van der Waals surface area contributed by atoms with E-state index in [0.29, 0.717) is 5.57 Å². The molecule has 0 saturated carbocycles. The van der Waals surface area contributed by atoms with Crippen molar-refractivity contribution in [2.45, 2.75) is 6.92 Å². The maximum Gasteiger partial charge on any atom is 0.228 e. The molecular weight excluding hydrogens is 90.1 g/mol. The molecule has 0 aromatic rings. The molecule has 0 aromatic heterocycles. The monoisotopic (exact) mass is 95.0 g/mol. The molecule has 0 unspecified atom stereocenters. The number of nitrogens with one attached hydrogen (secondary N) is 1. The highest BCUT2D eigenvalue weighted by molar-refractivity contribution is 5.82. The second-order valence-corrected chi connectivity index (χ2v) is 1.07. The van der Waals surface area contributed by atoms with Crippen LogP contribution in [-0.2, 0) is 4.79 Å². The van der Waals surface area contributed by atoms with Crippen molar-refractivity contribution in [3.63, 3.8) is 0 Å². The van der Waals surface area contributed by atoms with Crippen LogP contribution in [0.5, 0.6) is 0 Å². The minimum Gasteiger partial charge on any atom is -0.299 e. The molecule has 0 heterocycles. The fraction of sp³-hybridized carbons (Fsp3) is 0.200. The predicted molar refractivity (Wildman–Crippen MR) is 27.2 cm³/mol. The maximum atomic E-state index is 9.58. The van der Waals surface area contributed by atoms with E-state index in [2.05, 4.69) is 0 Å². The lowest BCUT2D eigenvalue weighted by Crippen LogP contribution is -1.73. The molecule has 2 heteroatoms. The molecule has 1 N–H and O–H groups in total. The van der Waals surface area contributed by atoms with E-state index in [0.717, 1.165) is 0 Å². The van der Waals surface area contributed by atoms with Crippen LogP contribution in [0.1, 0.15) is 6.92 Å². The SMILES string of the molecule is C/C([C]=O)=C/[C]=N. The van der Waals surface area contributed by atoms with Gasteiger partial charge in [0.1, 0.15) is 0 Å². The van der Waals surface area contributed by atoms with Gasteiger partial charge in [0.25, 0.3) is 0 Å². The molecule has 2 radical (unpaired) electrons. The van der Waals surface area contributed by atoms with Crippen molar-refractivity contribution in [3.05, 3.63) is 11.6 Å². The third-order valence-corrected chi connectivity index (χ3v) is 0.450. The van der Waals surface area contributed by atoms with E-state index in [1.807, 2.05) is 6.21 Å². The summed E-state index contributed by atoms with van der Waals surface area (Å²) in [6.07, 6.45) is 4.80. The number of carbonyl (C=O) groups excluding carboxylic acids is 1. The van der Waals surface area contributed by atoms with Crippen LogP contribution < -0.4 is 0 Å². The topological polar surface area (TPSA) is 40.9 Å². The van der Waals surface area contributed by atoms with Gasteiger partial charge in [0, 0.05) is 5.57 Å². The normalized spacial score (nSPS) is 10.7. The zero-order valence-electron chi connectivity index (χ0n) is 3.99. The second kappa shape index (κ2) is 3.28. The average Bonchev–Trinajstić information content (AvgIpc) is 1.68. The van der Waals surface area contributed by atoms with Gasteiger partial charge in [0.15, 0.2) is 0 Å². The number of rotatable bonds is 2. The summed E-state index contributed by atoms with van der Waals surface area (Å²) < 4.78 is 0. The molecule has 0 spiro atoms. The summed E-state index contributed by atoms with van der Waals surface area (Å²) >= 11 is 0. The molecule has 0 aromatic carbocycles. The van der Waals surface area contributed by atoms with Gasteiger partial charge in [0.05, 0.1) is 6.21 Å². The zero-order chi connectivity index (χ0) is 5.70. The summed E-state index contributed by atoms with van der Waals surface area (Å²) in [4.78, 5) is 9.58. The Morgan fingerprint density at radius 2 is 2.43 bits per heavy atom. The van der Waals surface area contributed by atoms with Crippen LogP contribution in [0.25, 0.3) is 0 Å². The van der Waals surface area contributed by atoms with E-state index < -0.39 is 0 Å². The van der Waals surface area contributed by atoms with E-state index in [-0.39, 0.29) is 0 Å². The van der Waals surface area contributed by atoms with Crippen LogP contribution >= 0.6 is 0 Å². The smallest absolute Gasteiger partial charge is 0.228 e. The number of hydrogen-bond donors (Lipinski definition) is 1. The third-order valence-electron chi connectivity index (χ3n) is 0.450. The van der Waals surface area contributed by atoms with E-state index >= 15 is 0 Å². The van der Waals surface area contributed by atoms with E-state index in [9.17, 15) is 4.79 Å². The minimum absolute atomic E-state index is 0.398. The third kappa shape index (κ3) is 2.89. The van der Waals surface area contributed by atoms with E-state index in [4.69, 9.17) is 5.41 Å². The molecule has 0 amide bonds. The standard InChI is InChI=1S/C5H5NO/c1-5(4-7)2-3-6/h2,6H,1H3/b5-2-,6-3?. The van der Waals surface area contributed by atoms with Gasteiger partial charge < -0.3 is 0 Å². The summed E-state index contributed by atoms with van der Waals surface area (Å²) in [5.74, 6) is 0. The lowest BCUT2D eigenvalue weighted by molar-refractivity contribution is 0.562. The first-order valence-corrected chi connectivity index (χ1v) is 1.78. The Bertz CT molecular complexity index is 105.